The summed E-state index contributed by atoms with van der Waals surface area (Å²) in [6.45, 7) is -3.18. The van der Waals surface area contributed by atoms with Crippen molar-refractivity contribution in [2.24, 2.45) is 0 Å². The summed E-state index contributed by atoms with van der Waals surface area (Å²) < 4.78 is 40.5. The van der Waals surface area contributed by atoms with Crippen LogP contribution in [0.3, 0.4) is 0 Å². The van der Waals surface area contributed by atoms with Gasteiger partial charge in [-0.3, -0.25) is 0 Å². The number of alkyl halides is 2. The van der Waals surface area contributed by atoms with E-state index in [1.54, 1.807) is 0 Å². The summed E-state index contributed by atoms with van der Waals surface area (Å²) in [6.07, 6.45) is 0. The second-order valence-corrected chi connectivity index (χ2v) is 2.91. The van der Waals surface area contributed by atoms with E-state index in [1.165, 1.54) is 0 Å². The van der Waals surface area contributed by atoms with Crippen LogP contribution in [0.5, 0.6) is 5.75 Å². The fraction of sp³-hybridized carbons (Fsp3) is 0.143. The van der Waals surface area contributed by atoms with Crippen LogP contribution in [0.25, 0.3) is 0 Å². The second-order valence-electron chi connectivity index (χ2n) is 2.53. The zero-order chi connectivity index (χ0) is 11.6. The summed E-state index contributed by atoms with van der Waals surface area (Å²) in [6, 6.07) is 1.82. The first-order valence-electron chi connectivity index (χ1n) is 3.72. The fourth-order valence-corrected chi connectivity index (χ4v) is 1.19. The Morgan fingerprint density at radius 2 is 1.93 bits per heavy atom. The van der Waals surface area contributed by atoms with Gasteiger partial charge in [-0.1, -0.05) is 17.7 Å². The van der Waals surface area contributed by atoms with E-state index < -0.39 is 30.3 Å². The number of ether oxygens (including phenoxy) is 1. The van der Waals surface area contributed by atoms with Gasteiger partial charge in [0.05, 0.1) is 5.02 Å². The molecule has 1 rings (SSSR count). The van der Waals surface area contributed by atoms with Crippen molar-refractivity contribution >= 4 is 24.2 Å². The van der Waals surface area contributed by atoms with Gasteiger partial charge in [-0.25, -0.2) is 4.39 Å². The molecule has 0 saturated heterocycles. The van der Waals surface area contributed by atoms with E-state index in [4.69, 9.17) is 21.6 Å². The third-order valence-corrected chi connectivity index (χ3v) is 1.96. The maximum atomic E-state index is 13.2. The number of hydrogen-bond acceptors (Lipinski definition) is 3. The zero-order valence-electron chi connectivity index (χ0n) is 7.12. The molecule has 0 bridgehead atoms. The van der Waals surface area contributed by atoms with E-state index in [9.17, 15) is 13.2 Å². The van der Waals surface area contributed by atoms with Crippen molar-refractivity contribution in [3.63, 3.8) is 0 Å². The summed E-state index contributed by atoms with van der Waals surface area (Å²) >= 11 is 5.36. The molecule has 1 aromatic carbocycles. The first-order chi connectivity index (χ1) is 6.93. The Morgan fingerprint density at radius 1 is 1.33 bits per heavy atom. The molecule has 0 aliphatic rings. The predicted octanol–water partition coefficient (Wildman–Crippen LogP) is 0.760. The van der Waals surface area contributed by atoms with Crippen molar-refractivity contribution in [2.75, 3.05) is 0 Å². The quantitative estimate of drug-likeness (QED) is 0.767. The maximum absolute atomic E-state index is 13.2. The Hall–Kier alpha value is -0.915. The lowest BCUT2D eigenvalue weighted by atomic mass is 9.80. The average molecular weight is 240 g/mol. The molecule has 0 radical (unpaired) electrons. The van der Waals surface area contributed by atoms with Crippen LogP contribution in [0.2, 0.25) is 5.02 Å². The normalized spacial score (nSPS) is 10.6. The number of hydrogen-bond donors (Lipinski definition) is 2. The standard InChI is InChI=1S/C7H5BClF3O3/c9-5-3(8(13)14)1-2-4(6(5)10)15-7(11)12/h1-2,7,13-14H. The number of rotatable bonds is 3. The molecular weight excluding hydrogens is 235 g/mol. The maximum Gasteiger partial charge on any atom is 0.490 e. The highest BCUT2D eigenvalue weighted by Gasteiger charge is 2.21. The Balaban J connectivity index is 3.10. The lowest BCUT2D eigenvalue weighted by molar-refractivity contribution is -0.0521. The molecule has 0 amide bonds. The van der Waals surface area contributed by atoms with E-state index in [0.717, 1.165) is 12.1 Å². The smallest absolute Gasteiger partial charge is 0.432 e. The van der Waals surface area contributed by atoms with Crippen LogP contribution in [0.1, 0.15) is 0 Å². The van der Waals surface area contributed by atoms with Gasteiger partial charge in [-0.15, -0.1) is 0 Å². The Kier molecular flexibility index (Phi) is 3.84. The van der Waals surface area contributed by atoms with Gasteiger partial charge in [0.25, 0.3) is 0 Å². The molecule has 15 heavy (non-hydrogen) atoms. The van der Waals surface area contributed by atoms with Gasteiger partial charge in [-0.2, -0.15) is 8.78 Å². The van der Waals surface area contributed by atoms with Crippen molar-refractivity contribution < 1.29 is 28.0 Å². The largest absolute Gasteiger partial charge is 0.490 e. The molecule has 0 aliphatic heterocycles. The van der Waals surface area contributed by atoms with E-state index in [2.05, 4.69) is 4.74 Å². The van der Waals surface area contributed by atoms with Crippen LogP contribution in [-0.4, -0.2) is 23.8 Å². The molecule has 3 nitrogen and oxygen atoms in total. The van der Waals surface area contributed by atoms with Crippen molar-refractivity contribution in [2.45, 2.75) is 6.61 Å². The Labute approximate surface area is 88.2 Å². The molecule has 0 saturated carbocycles. The molecular formula is C7H5BClF3O3. The van der Waals surface area contributed by atoms with Crippen LogP contribution in [-0.2, 0) is 0 Å². The van der Waals surface area contributed by atoms with Crippen LogP contribution in [0, 0.1) is 5.82 Å². The van der Waals surface area contributed by atoms with Crippen LogP contribution in [0.4, 0.5) is 13.2 Å². The second kappa shape index (κ2) is 4.74. The summed E-state index contributed by atoms with van der Waals surface area (Å²) in [4.78, 5) is 0. The molecule has 2 N–H and O–H groups in total. The van der Waals surface area contributed by atoms with Crippen LogP contribution in [0.15, 0.2) is 12.1 Å². The fourth-order valence-electron chi connectivity index (χ4n) is 0.933. The lowest BCUT2D eigenvalue weighted by Crippen LogP contribution is -2.31. The number of halogens is 4. The Morgan fingerprint density at radius 3 is 2.40 bits per heavy atom. The molecule has 1 aromatic rings. The molecule has 0 atom stereocenters. The van der Waals surface area contributed by atoms with Gasteiger partial charge in [0.15, 0.2) is 11.6 Å². The monoisotopic (exact) mass is 240 g/mol. The topological polar surface area (TPSA) is 49.7 Å². The summed E-state index contributed by atoms with van der Waals surface area (Å²) in [5.74, 6) is -2.01. The third-order valence-electron chi connectivity index (χ3n) is 1.57. The predicted molar refractivity (Wildman–Crippen MR) is 47.9 cm³/mol. The van der Waals surface area contributed by atoms with E-state index >= 15 is 0 Å². The number of benzene rings is 1. The van der Waals surface area contributed by atoms with Crippen molar-refractivity contribution in [3.05, 3.63) is 23.0 Å². The minimum absolute atomic E-state index is 0.323. The summed E-state index contributed by atoms with van der Waals surface area (Å²) in [5, 5.41) is 16.8. The van der Waals surface area contributed by atoms with Gasteiger partial charge in [0, 0.05) is 5.46 Å². The van der Waals surface area contributed by atoms with Gasteiger partial charge >= 0.3 is 13.7 Å². The highest BCUT2D eigenvalue weighted by molar-refractivity contribution is 6.62. The molecule has 0 unspecified atom stereocenters. The van der Waals surface area contributed by atoms with Gasteiger partial charge < -0.3 is 14.8 Å². The van der Waals surface area contributed by atoms with Crippen molar-refractivity contribution in [1.29, 1.82) is 0 Å². The van der Waals surface area contributed by atoms with E-state index in [0.29, 0.717) is 0 Å². The average Bonchev–Trinajstić information content (AvgIpc) is 2.12. The molecule has 0 fully saturated rings. The van der Waals surface area contributed by atoms with Crippen LogP contribution < -0.4 is 10.2 Å². The highest BCUT2D eigenvalue weighted by atomic mass is 35.5. The van der Waals surface area contributed by atoms with E-state index in [-0.39, 0.29) is 5.46 Å². The molecule has 0 aliphatic carbocycles. The molecule has 0 spiro atoms. The molecule has 8 heteroatoms. The van der Waals surface area contributed by atoms with Gasteiger partial charge in [0.1, 0.15) is 0 Å². The third kappa shape index (κ3) is 2.77. The molecule has 0 aromatic heterocycles. The molecule has 0 heterocycles. The SMILES string of the molecule is OB(O)c1ccc(OC(F)F)c(F)c1Cl. The Bertz CT molecular complexity index is 362. The first kappa shape index (κ1) is 12.2. The van der Waals surface area contributed by atoms with Crippen LogP contribution >= 0.6 is 11.6 Å². The minimum Gasteiger partial charge on any atom is -0.432 e. The first-order valence-corrected chi connectivity index (χ1v) is 4.10. The minimum atomic E-state index is -3.18. The van der Waals surface area contributed by atoms with Crippen molar-refractivity contribution in [1.82, 2.24) is 0 Å². The van der Waals surface area contributed by atoms with Crippen molar-refractivity contribution in [3.8, 4) is 5.75 Å². The van der Waals surface area contributed by atoms with Gasteiger partial charge in [0.2, 0.25) is 0 Å². The molecule has 82 valence electrons. The van der Waals surface area contributed by atoms with Gasteiger partial charge in [-0.05, 0) is 6.07 Å². The van der Waals surface area contributed by atoms with E-state index in [1.807, 2.05) is 0 Å². The summed E-state index contributed by atoms with van der Waals surface area (Å²) in [5.41, 5.74) is -0.323. The summed E-state index contributed by atoms with van der Waals surface area (Å²) in [7, 11) is -1.98. The highest BCUT2D eigenvalue weighted by Crippen LogP contribution is 2.24. The zero-order valence-corrected chi connectivity index (χ0v) is 7.88. The lowest BCUT2D eigenvalue weighted by Gasteiger charge is -2.09.